The minimum Gasteiger partial charge on any atom is -0.444 e. The molecule has 1 fully saturated rings. The van der Waals surface area contributed by atoms with Gasteiger partial charge in [-0.3, -0.25) is 0 Å². The summed E-state index contributed by atoms with van der Waals surface area (Å²) < 4.78 is 21.3. The molecule has 1 amide bonds. The lowest BCUT2D eigenvalue weighted by molar-refractivity contribution is 0.0205. The van der Waals surface area contributed by atoms with Gasteiger partial charge in [0.25, 0.3) is 0 Å². The van der Waals surface area contributed by atoms with Gasteiger partial charge in [-0.25, -0.2) is 19.2 Å². The molecule has 0 N–H and O–H groups in total. The Morgan fingerprint density at radius 1 is 1.26 bits per heavy atom. The average Bonchev–Trinajstić information content (AvgIpc) is 3.25. The van der Waals surface area contributed by atoms with Crippen LogP contribution >= 0.6 is 11.3 Å². The zero-order valence-corrected chi connectivity index (χ0v) is 21.4. The minimum absolute atomic E-state index is 0.216. The number of thiophene rings is 1. The van der Waals surface area contributed by atoms with Gasteiger partial charge in [0.05, 0.1) is 16.4 Å². The summed E-state index contributed by atoms with van der Waals surface area (Å²) in [4.78, 5) is 30.0. The number of hydrogen-bond acceptors (Lipinski definition) is 8. The second-order valence-electron chi connectivity index (χ2n) is 9.49. The smallest absolute Gasteiger partial charge is 0.410 e. The number of anilines is 1. The molecule has 0 bridgehead atoms. The number of carbonyl (C=O) groups excluding carboxylic acids is 1. The van der Waals surface area contributed by atoms with Gasteiger partial charge in [0.2, 0.25) is 0 Å². The van der Waals surface area contributed by atoms with Crippen LogP contribution in [0.2, 0.25) is 0 Å². The number of aromatic nitrogens is 2. The van der Waals surface area contributed by atoms with Crippen LogP contribution in [0.3, 0.4) is 0 Å². The first kappa shape index (κ1) is 24.8. The van der Waals surface area contributed by atoms with Gasteiger partial charge in [0, 0.05) is 42.7 Å². The molecule has 1 aromatic carbocycles. The molecule has 0 radical (unpaired) electrons. The zero-order chi connectivity index (χ0) is 25.2. The van der Waals surface area contributed by atoms with Gasteiger partial charge < -0.3 is 19.4 Å². The van der Waals surface area contributed by atoms with Crippen molar-refractivity contribution < 1.29 is 18.8 Å². The Bertz CT molecular complexity index is 1230. The van der Waals surface area contributed by atoms with Gasteiger partial charge in [0.15, 0.2) is 0 Å². The Balaban J connectivity index is 1.53. The van der Waals surface area contributed by atoms with Crippen molar-refractivity contribution in [3.8, 4) is 11.1 Å². The number of halogens is 1. The van der Waals surface area contributed by atoms with Crippen LogP contribution in [0.5, 0.6) is 0 Å². The van der Waals surface area contributed by atoms with Crippen molar-refractivity contribution in [2.45, 2.75) is 45.3 Å². The van der Waals surface area contributed by atoms with Crippen molar-refractivity contribution in [1.29, 1.82) is 0 Å². The van der Waals surface area contributed by atoms with Crippen molar-refractivity contribution in [3.63, 3.8) is 0 Å². The molecule has 0 spiro atoms. The zero-order valence-electron chi connectivity index (χ0n) is 20.6. The Morgan fingerprint density at radius 2 is 2.00 bits per heavy atom. The van der Waals surface area contributed by atoms with Gasteiger partial charge in [-0.15, -0.1) is 11.3 Å². The number of carbonyl (C=O) groups is 1. The molecule has 3 heterocycles. The summed E-state index contributed by atoms with van der Waals surface area (Å²) in [6.07, 6.45) is 4.32. The molecule has 0 saturated carbocycles. The van der Waals surface area contributed by atoms with Crippen LogP contribution in [0.15, 0.2) is 35.1 Å². The SMILES string of the molecule is CO/N=C/c1ccc(-c2csc3c(N(C)C4CCN(C(=O)OC(C)(C)C)CC4)ncnc23)c(F)c1. The summed E-state index contributed by atoms with van der Waals surface area (Å²) in [7, 11) is 3.46. The molecular formula is C25H30FN5O3S. The highest BCUT2D eigenvalue weighted by Crippen LogP contribution is 2.38. The summed E-state index contributed by atoms with van der Waals surface area (Å²) in [6.45, 7) is 6.86. The summed E-state index contributed by atoms with van der Waals surface area (Å²) in [5, 5.41) is 5.61. The van der Waals surface area contributed by atoms with Crippen LogP contribution < -0.4 is 4.90 Å². The molecule has 2 aromatic heterocycles. The van der Waals surface area contributed by atoms with Crippen molar-refractivity contribution >= 4 is 39.7 Å². The minimum atomic E-state index is -0.508. The second-order valence-corrected chi connectivity index (χ2v) is 10.4. The fourth-order valence-electron chi connectivity index (χ4n) is 4.16. The number of ether oxygens (including phenoxy) is 1. The van der Waals surface area contributed by atoms with Crippen LogP contribution in [0.25, 0.3) is 21.3 Å². The monoisotopic (exact) mass is 499 g/mol. The fourth-order valence-corrected chi connectivity index (χ4v) is 5.21. The first-order valence-electron chi connectivity index (χ1n) is 11.5. The highest BCUT2D eigenvalue weighted by Gasteiger charge is 2.30. The van der Waals surface area contributed by atoms with Gasteiger partial charge >= 0.3 is 6.09 Å². The molecule has 0 aliphatic carbocycles. The van der Waals surface area contributed by atoms with Crippen LogP contribution in [0.4, 0.5) is 15.0 Å². The van der Waals surface area contributed by atoms with Crippen molar-refractivity contribution in [3.05, 3.63) is 41.3 Å². The quantitative estimate of drug-likeness (QED) is 0.349. The van der Waals surface area contributed by atoms with Gasteiger partial charge in [-0.05, 0) is 45.2 Å². The van der Waals surface area contributed by atoms with E-state index in [1.54, 1.807) is 17.0 Å². The van der Waals surface area contributed by atoms with Gasteiger partial charge in [0.1, 0.15) is 30.7 Å². The Hall–Kier alpha value is -3.27. The molecule has 0 unspecified atom stereocenters. The molecule has 1 aliphatic heterocycles. The van der Waals surface area contributed by atoms with Crippen LogP contribution in [-0.2, 0) is 9.57 Å². The van der Waals surface area contributed by atoms with E-state index in [0.717, 1.165) is 34.4 Å². The highest BCUT2D eigenvalue weighted by molar-refractivity contribution is 7.18. The van der Waals surface area contributed by atoms with Crippen LogP contribution in [-0.4, -0.2) is 66.1 Å². The first-order valence-corrected chi connectivity index (χ1v) is 12.4. The third-order valence-electron chi connectivity index (χ3n) is 5.92. The number of hydrogen-bond donors (Lipinski definition) is 0. The highest BCUT2D eigenvalue weighted by atomic mass is 32.1. The Labute approximate surface area is 208 Å². The van der Waals surface area contributed by atoms with Crippen molar-refractivity contribution in [2.75, 3.05) is 32.1 Å². The third kappa shape index (κ3) is 5.53. The van der Waals surface area contributed by atoms with E-state index < -0.39 is 5.60 Å². The molecule has 8 nitrogen and oxygen atoms in total. The van der Waals surface area contributed by atoms with Crippen LogP contribution in [0, 0.1) is 5.82 Å². The van der Waals surface area contributed by atoms with E-state index in [1.165, 1.54) is 37.1 Å². The summed E-state index contributed by atoms with van der Waals surface area (Å²) in [5.74, 6) is 0.457. The molecule has 3 aromatic rings. The lowest BCUT2D eigenvalue weighted by Crippen LogP contribution is -2.47. The molecule has 0 atom stereocenters. The molecular weight excluding hydrogens is 469 g/mol. The summed E-state index contributed by atoms with van der Waals surface area (Å²) >= 11 is 1.50. The lowest BCUT2D eigenvalue weighted by Gasteiger charge is -2.37. The van der Waals surface area contributed by atoms with Crippen LogP contribution in [0.1, 0.15) is 39.2 Å². The number of benzene rings is 1. The van der Waals surface area contributed by atoms with E-state index in [1.807, 2.05) is 33.2 Å². The number of piperidine rings is 1. The topological polar surface area (TPSA) is 80.2 Å². The number of oxime groups is 1. The predicted octanol–water partition coefficient (Wildman–Crippen LogP) is 5.31. The number of fused-ring (bicyclic) bond motifs is 1. The maximum atomic E-state index is 14.9. The van der Waals surface area contributed by atoms with Crippen molar-refractivity contribution in [2.24, 2.45) is 5.16 Å². The average molecular weight is 500 g/mol. The molecule has 10 heteroatoms. The maximum absolute atomic E-state index is 14.9. The van der Waals surface area contributed by atoms with Gasteiger partial charge in [-0.1, -0.05) is 17.3 Å². The number of rotatable bonds is 5. The fraction of sp³-hybridized carbons (Fsp3) is 0.440. The maximum Gasteiger partial charge on any atom is 0.410 e. The molecule has 186 valence electrons. The number of likely N-dealkylation sites (tertiary alicyclic amines) is 1. The molecule has 1 saturated heterocycles. The first-order chi connectivity index (χ1) is 16.7. The van der Waals surface area contributed by atoms with E-state index in [2.05, 4.69) is 24.9 Å². The number of amides is 1. The lowest BCUT2D eigenvalue weighted by atomic mass is 10.0. The Morgan fingerprint density at radius 3 is 2.66 bits per heavy atom. The van der Waals surface area contributed by atoms with E-state index in [0.29, 0.717) is 24.2 Å². The predicted molar refractivity (Wildman–Crippen MR) is 137 cm³/mol. The Kier molecular flexibility index (Phi) is 7.20. The summed E-state index contributed by atoms with van der Waals surface area (Å²) in [5.41, 5.74) is 2.03. The molecule has 35 heavy (non-hydrogen) atoms. The largest absolute Gasteiger partial charge is 0.444 e. The molecule has 4 rings (SSSR count). The third-order valence-corrected chi connectivity index (χ3v) is 6.89. The summed E-state index contributed by atoms with van der Waals surface area (Å²) in [6, 6.07) is 5.16. The molecule has 1 aliphatic rings. The normalized spacial score (nSPS) is 15.1. The van der Waals surface area contributed by atoms with Gasteiger partial charge in [-0.2, -0.15) is 0 Å². The van der Waals surface area contributed by atoms with E-state index in [4.69, 9.17) is 4.74 Å². The van der Waals surface area contributed by atoms with Crippen molar-refractivity contribution in [1.82, 2.24) is 14.9 Å². The van der Waals surface area contributed by atoms with E-state index in [-0.39, 0.29) is 18.0 Å². The number of nitrogens with zero attached hydrogens (tertiary/aromatic N) is 5. The second kappa shape index (κ2) is 10.2. The van der Waals surface area contributed by atoms with E-state index >= 15 is 0 Å². The standard InChI is InChI=1S/C25H30FN5O3S/c1-25(2,3)34-24(32)31-10-8-17(9-11-31)30(4)23-22-21(27-15-28-23)19(14-35-22)18-7-6-16(12-20(18)26)13-29-33-5/h6-7,12-15,17H,8-11H2,1-5H3/b29-13+. The van der Waals surface area contributed by atoms with E-state index in [9.17, 15) is 9.18 Å².